The lowest BCUT2D eigenvalue weighted by molar-refractivity contribution is 0.289. The highest BCUT2D eigenvalue weighted by Crippen LogP contribution is 2.11. The minimum Gasteiger partial charge on any atom is -0.396 e. The van der Waals surface area contributed by atoms with Crippen LogP contribution in [-0.2, 0) is 0 Å². The van der Waals surface area contributed by atoms with Crippen molar-refractivity contribution in [3.8, 4) is 0 Å². The van der Waals surface area contributed by atoms with Crippen LogP contribution in [-0.4, -0.2) is 11.7 Å². The second-order valence-corrected chi connectivity index (χ2v) is 5.33. The van der Waals surface area contributed by atoms with Gasteiger partial charge in [-0.3, -0.25) is 0 Å². The van der Waals surface area contributed by atoms with Gasteiger partial charge in [0.1, 0.15) is 0 Å². The van der Waals surface area contributed by atoms with E-state index >= 15 is 0 Å². The van der Waals surface area contributed by atoms with Gasteiger partial charge in [0.2, 0.25) is 0 Å². The Morgan fingerprint density at radius 2 is 1.28 bits per heavy atom. The van der Waals surface area contributed by atoms with Gasteiger partial charge >= 0.3 is 0 Å². The molecule has 0 aromatic rings. The molecule has 0 spiro atoms. The number of allylic oxidation sites excluding steroid dienone is 6. The molecule has 18 heavy (non-hydrogen) atoms. The third-order valence-electron chi connectivity index (χ3n) is 2.98. The second-order valence-electron chi connectivity index (χ2n) is 5.33. The van der Waals surface area contributed by atoms with Gasteiger partial charge in [0, 0.05) is 6.61 Å². The van der Waals surface area contributed by atoms with Crippen LogP contribution in [0.4, 0.5) is 0 Å². The van der Waals surface area contributed by atoms with E-state index < -0.39 is 0 Å². The van der Waals surface area contributed by atoms with Crippen molar-refractivity contribution in [2.75, 3.05) is 6.61 Å². The summed E-state index contributed by atoms with van der Waals surface area (Å²) < 4.78 is 0. The fraction of sp³-hybridized carbons (Fsp3) is 0.647. The Morgan fingerprint density at radius 3 is 1.78 bits per heavy atom. The van der Waals surface area contributed by atoms with Gasteiger partial charge in [0.15, 0.2) is 0 Å². The molecule has 0 saturated carbocycles. The third-order valence-corrected chi connectivity index (χ3v) is 2.98. The highest BCUT2D eigenvalue weighted by molar-refractivity contribution is 5.05. The molecule has 0 atom stereocenters. The zero-order valence-corrected chi connectivity index (χ0v) is 12.6. The van der Waals surface area contributed by atoms with Crippen molar-refractivity contribution in [2.24, 2.45) is 0 Å². The van der Waals surface area contributed by atoms with E-state index in [0.717, 1.165) is 32.1 Å². The first-order chi connectivity index (χ1) is 8.56. The van der Waals surface area contributed by atoms with Gasteiger partial charge in [-0.2, -0.15) is 0 Å². The fourth-order valence-electron chi connectivity index (χ4n) is 1.78. The molecule has 0 radical (unpaired) electrons. The lowest BCUT2D eigenvalue weighted by Gasteiger charge is -2.01. The Hall–Kier alpha value is -0.820. The average Bonchev–Trinajstić information content (AvgIpc) is 2.29. The summed E-state index contributed by atoms with van der Waals surface area (Å²) in [7, 11) is 0. The molecule has 0 amide bonds. The summed E-state index contributed by atoms with van der Waals surface area (Å²) in [5.74, 6) is 0. The molecular weight excluding hydrogens is 220 g/mol. The number of hydrogen-bond donors (Lipinski definition) is 1. The molecule has 0 aliphatic rings. The van der Waals surface area contributed by atoms with E-state index in [-0.39, 0.29) is 0 Å². The summed E-state index contributed by atoms with van der Waals surface area (Å²) in [4.78, 5) is 0. The molecule has 0 unspecified atom stereocenters. The molecule has 0 aliphatic carbocycles. The summed E-state index contributed by atoms with van der Waals surface area (Å²) in [6, 6.07) is 0. The van der Waals surface area contributed by atoms with E-state index in [4.69, 9.17) is 5.11 Å². The minimum absolute atomic E-state index is 0.299. The van der Waals surface area contributed by atoms with E-state index in [1.165, 1.54) is 23.1 Å². The van der Waals surface area contributed by atoms with Crippen LogP contribution in [0.25, 0.3) is 0 Å². The molecule has 0 saturated heterocycles. The smallest absolute Gasteiger partial charge is 0.0433 e. The quantitative estimate of drug-likeness (QED) is 0.441. The molecule has 104 valence electrons. The van der Waals surface area contributed by atoms with Crippen molar-refractivity contribution in [3.05, 3.63) is 34.9 Å². The highest BCUT2D eigenvalue weighted by atomic mass is 16.2. The molecule has 0 aromatic carbocycles. The fourth-order valence-corrected chi connectivity index (χ4v) is 1.78. The van der Waals surface area contributed by atoms with Gasteiger partial charge in [0.25, 0.3) is 0 Å². The highest BCUT2D eigenvalue weighted by Gasteiger charge is 1.92. The molecule has 0 bridgehead atoms. The van der Waals surface area contributed by atoms with Gasteiger partial charge < -0.3 is 5.11 Å². The lowest BCUT2D eigenvalue weighted by atomic mass is 10.1. The van der Waals surface area contributed by atoms with Gasteiger partial charge in [-0.1, -0.05) is 34.9 Å². The Morgan fingerprint density at radius 1 is 0.778 bits per heavy atom. The normalized spacial score (nSPS) is 12.7. The summed E-state index contributed by atoms with van der Waals surface area (Å²) >= 11 is 0. The van der Waals surface area contributed by atoms with Crippen LogP contribution in [0.15, 0.2) is 34.9 Å². The number of rotatable bonds is 9. The zero-order valence-electron chi connectivity index (χ0n) is 12.6. The van der Waals surface area contributed by atoms with Crippen molar-refractivity contribution < 1.29 is 5.11 Å². The van der Waals surface area contributed by atoms with Crippen LogP contribution in [0.5, 0.6) is 0 Å². The van der Waals surface area contributed by atoms with Gasteiger partial charge in [-0.25, -0.2) is 0 Å². The average molecular weight is 250 g/mol. The molecule has 1 nitrogen and oxygen atoms in total. The van der Waals surface area contributed by atoms with Crippen molar-refractivity contribution in [2.45, 2.75) is 66.2 Å². The Balaban J connectivity index is 3.79. The zero-order chi connectivity index (χ0) is 13.8. The summed E-state index contributed by atoms with van der Waals surface area (Å²) in [6.45, 7) is 9.01. The van der Waals surface area contributed by atoms with Crippen LogP contribution >= 0.6 is 0 Å². The summed E-state index contributed by atoms with van der Waals surface area (Å²) in [6.07, 6.45) is 13.4. The Kier molecular flexibility index (Phi) is 10.8. The molecule has 0 heterocycles. The molecule has 0 aromatic heterocycles. The van der Waals surface area contributed by atoms with Crippen LogP contribution in [0.2, 0.25) is 0 Å². The van der Waals surface area contributed by atoms with E-state index in [2.05, 4.69) is 45.9 Å². The SMILES string of the molecule is CC(C)=CCC/C(C)=C/CCC(C)=CCCCO. The first-order valence-corrected chi connectivity index (χ1v) is 7.11. The van der Waals surface area contributed by atoms with Gasteiger partial charge in [-0.15, -0.1) is 0 Å². The van der Waals surface area contributed by atoms with E-state index in [9.17, 15) is 0 Å². The second kappa shape index (κ2) is 11.3. The van der Waals surface area contributed by atoms with Crippen LogP contribution in [0.1, 0.15) is 66.2 Å². The van der Waals surface area contributed by atoms with Crippen LogP contribution in [0, 0.1) is 0 Å². The maximum Gasteiger partial charge on any atom is 0.0433 e. The van der Waals surface area contributed by atoms with Crippen molar-refractivity contribution >= 4 is 0 Å². The lowest BCUT2D eigenvalue weighted by Crippen LogP contribution is -1.83. The number of hydrogen-bond acceptors (Lipinski definition) is 1. The maximum atomic E-state index is 8.71. The van der Waals surface area contributed by atoms with Crippen molar-refractivity contribution in [1.29, 1.82) is 0 Å². The first kappa shape index (κ1) is 17.2. The predicted octanol–water partition coefficient (Wildman–Crippen LogP) is 5.18. The summed E-state index contributed by atoms with van der Waals surface area (Å²) in [5, 5.41) is 8.71. The topological polar surface area (TPSA) is 20.2 Å². The molecule has 1 heteroatoms. The van der Waals surface area contributed by atoms with E-state index in [1.54, 1.807) is 0 Å². The number of aliphatic hydroxyl groups is 1. The largest absolute Gasteiger partial charge is 0.396 e. The third kappa shape index (κ3) is 11.7. The molecule has 0 aliphatic heterocycles. The molecule has 0 rings (SSSR count). The predicted molar refractivity (Wildman–Crippen MR) is 81.7 cm³/mol. The Labute approximate surface area is 113 Å². The van der Waals surface area contributed by atoms with E-state index in [1.807, 2.05) is 0 Å². The van der Waals surface area contributed by atoms with Gasteiger partial charge in [0.05, 0.1) is 0 Å². The Bertz CT molecular complexity index is 291. The standard InChI is InChI=1S/C17H30O/c1-15(2)9-7-11-17(4)13-8-12-16(3)10-5-6-14-18/h9-10,13,18H,5-8,11-12,14H2,1-4H3/b16-10?,17-13+. The number of aliphatic hydroxyl groups excluding tert-OH is 1. The van der Waals surface area contributed by atoms with Gasteiger partial charge in [-0.05, 0) is 66.2 Å². The monoisotopic (exact) mass is 250 g/mol. The number of unbranched alkanes of at least 4 members (excludes halogenated alkanes) is 1. The van der Waals surface area contributed by atoms with E-state index in [0.29, 0.717) is 6.61 Å². The molecule has 0 fully saturated rings. The summed E-state index contributed by atoms with van der Waals surface area (Å²) in [5.41, 5.74) is 4.35. The first-order valence-electron chi connectivity index (χ1n) is 7.11. The van der Waals surface area contributed by atoms with Crippen LogP contribution in [0.3, 0.4) is 0 Å². The molecular formula is C17H30O. The van der Waals surface area contributed by atoms with Crippen LogP contribution < -0.4 is 0 Å². The minimum atomic E-state index is 0.299. The van der Waals surface area contributed by atoms with Crippen molar-refractivity contribution in [1.82, 2.24) is 0 Å². The maximum absolute atomic E-state index is 8.71. The van der Waals surface area contributed by atoms with Crippen molar-refractivity contribution in [3.63, 3.8) is 0 Å². The molecule has 1 N–H and O–H groups in total.